The predicted molar refractivity (Wildman–Crippen MR) is 92.2 cm³/mol. The van der Waals surface area contributed by atoms with Crippen molar-refractivity contribution >= 4 is 51.5 Å². The molecule has 0 spiro atoms. The van der Waals surface area contributed by atoms with E-state index < -0.39 is 5.82 Å². The van der Waals surface area contributed by atoms with Crippen LogP contribution in [0.5, 0.6) is 0 Å². The van der Waals surface area contributed by atoms with Crippen LogP contribution in [-0.2, 0) is 6.54 Å². The lowest BCUT2D eigenvalue weighted by atomic mass is 10.2. The Morgan fingerprint density at radius 2 is 1.96 bits per heavy atom. The van der Waals surface area contributed by atoms with Crippen LogP contribution < -0.4 is 5.32 Å². The highest BCUT2D eigenvalue weighted by Crippen LogP contribution is 2.34. The van der Waals surface area contributed by atoms with E-state index in [0.29, 0.717) is 34.5 Å². The molecule has 120 valence electrons. The normalized spacial score (nSPS) is 11.2. The van der Waals surface area contributed by atoms with Crippen LogP contribution in [0.1, 0.15) is 5.69 Å². The van der Waals surface area contributed by atoms with E-state index in [0.717, 1.165) is 11.2 Å². The Morgan fingerprint density at radius 3 is 2.70 bits per heavy atom. The van der Waals surface area contributed by atoms with Crippen molar-refractivity contribution in [1.82, 2.24) is 14.5 Å². The zero-order valence-electron chi connectivity index (χ0n) is 12.1. The molecule has 0 saturated heterocycles. The van der Waals surface area contributed by atoms with Gasteiger partial charge in [-0.25, -0.2) is 14.4 Å². The summed E-state index contributed by atoms with van der Waals surface area (Å²) < 4.78 is 15.7. The summed E-state index contributed by atoms with van der Waals surface area (Å²) in [6.07, 6.45) is 1.39. The first-order valence-corrected chi connectivity index (χ1v) is 7.95. The first kappa shape index (κ1) is 16.3. The van der Waals surface area contributed by atoms with E-state index in [-0.39, 0.29) is 5.02 Å². The molecule has 2 heterocycles. The molecule has 0 fully saturated rings. The monoisotopic (exact) mass is 372 g/mol. The van der Waals surface area contributed by atoms with Crippen LogP contribution in [0.25, 0.3) is 10.9 Å². The van der Waals surface area contributed by atoms with E-state index >= 15 is 0 Å². The number of aryl methyl sites for hydroxylation is 1. The number of nitrogens with zero attached hydrogens (tertiary/aromatic N) is 3. The number of hydrogen-bond acceptors (Lipinski definition) is 3. The Balaban J connectivity index is 1.86. The first-order chi connectivity index (χ1) is 11.0. The molecule has 3 rings (SSSR count). The largest absolute Gasteiger partial charge is 0.368 e. The van der Waals surface area contributed by atoms with Crippen molar-refractivity contribution in [2.45, 2.75) is 13.5 Å². The molecule has 0 radical (unpaired) electrons. The smallest absolute Gasteiger partial charge is 0.144 e. The van der Waals surface area contributed by atoms with Crippen molar-refractivity contribution < 1.29 is 4.39 Å². The maximum absolute atomic E-state index is 13.7. The lowest BCUT2D eigenvalue weighted by Gasteiger charge is -2.11. The van der Waals surface area contributed by atoms with Gasteiger partial charge < -0.3 is 9.88 Å². The molecule has 2 aromatic heterocycles. The van der Waals surface area contributed by atoms with Gasteiger partial charge in [-0.3, -0.25) is 0 Å². The van der Waals surface area contributed by atoms with Gasteiger partial charge in [-0.1, -0.05) is 34.8 Å². The number of nitrogens with one attached hydrogen (secondary N) is 1. The molecule has 3 aromatic rings. The van der Waals surface area contributed by atoms with Gasteiger partial charge in [0, 0.05) is 30.2 Å². The highest BCUT2D eigenvalue weighted by Gasteiger charge is 2.15. The van der Waals surface area contributed by atoms with Crippen molar-refractivity contribution in [1.29, 1.82) is 0 Å². The summed E-state index contributed by atoms with van der Waals surface area (Å²) in [4.78, 5) is 7.90. The summed E-state index contributed by atoms with van der Waals surface area (Å²) in [5.74, 6) is 0.115. The number of halogens is 4. The quantitative estimate of drug-likeness (QED) is 0.520. The van der Waals surface area contributed by atoms with Crippen LogP contribution >= 0.6 is 34.8 Å². The van der Waals surface area contributed by atoms with Crippen molar-refractivity contribution in [2.24, 2.45) is 0 Å². The molecule has 1 aromatic carbocycles. The van der Waals surface area contributed by atoms with Crippen LogP contribution in [0, 0.1) is 12.7 Å². The molecule has 8 heteroatoms. The molecule has 4 nitrogen and oxygen atoms in total. The Labute approximate surface area is 147 Å². The minimum absolute atomic E-state index is 0.0850. The summed E-state index contributed by atoms with van der Waals surface area (Å²) in [6, 6.07) is 4.70. The Kier molecular flexibility index (Phi) is 4.62. The average molecular weight is 374 g/mol. The standard InChI is InChI=1S/C15H12Cl3FN4/c1-8-4-9-14(18)11(19)5-10(16)15(9)23(8)3-2-20-13-6-12(17)21-7-22-13/h4-7H,2-3H2,1H3,(H,20,21,22). The molecule has 0 bridgehead atoms. The van der Waals surface area contributed by atoms with Crippen LogP contribution in [-0.4, -0.2) is 21.1 Å². The zero-order valence-corrected chi connectivity index (χ0v) is 14.3. The number of aromatic nitrogens is 3. The van der Waals surface area contributed by atoms with E-state index in [2.05, 4.69) is 15.3 Å². The summed E-state index contributed by atoms with van der Waals surface area (Å²) >= 11 is 18.0. The van der Waals surface area contributed by atoms with Gasteiger partial charge in [0.2, 0.25) is 0 Å². The number of benzene rings is 1. The first-order valence-electron chi connectivity index (χ1n) is 6.82. The number of anilines is 1. The summed E-state index contributed by atoms with van der Waals surface area (Å²) in [6.45, 7) is 3.12. The maximum atomic E-state index is 13.7. The summed E-state index contributed by atoms with van der Waals surface area (Å²) in [5.41, 5.74) is 1.66. The second-order valence-corrected chi connectivity index (χ2v) is 6.18. The second kappa shape index (κ2) is 6.51. The molecule has 0 aliphatic carbocycles. The number of rotatable bonds is 4. The van der Waals surface area contributed by atoms with E-state index in [1.807, 2.05) is 17.6 Å². The van der Waals surface area contributed by atoms with Crippen LogP contribution in [0.2, 0.25) is 15.2 Å². The Bertz CT molecular complexity index is 879. The molecule has 0 aliphatic heterocycles. The van der Waals surface area contributed by atoms with E-state index in [1.54, 1.807) is 6.07 Å². The number of hydrogen-bond donors (Lipinski definition) is 1. The van der Waals surface area contributed by atoms with Crippen molar-refractivity contribution in [2.75, 3.05) is 11.9 Å². The SMILES string of the molecule is Cc1cc2c(Cl)c(F)cc(Cl)c2n1CCNc1cc(Cl)ncn1. The fourth-order valence-electron chi connectivity index (χ4n) is 2.49. The molecule has 23 heavy (non-hydrogen) atoms. The van der Waals surface area contributed by atoms with Gasteiger partial charge in [-0.15, -0.1) is 0 Å². The van der Waals surface area contributed by atoms with Crippen molar-refractivity contribution in [3.63, 3.8) is 0 Å². The zero-order chi connectivity index (χ0) is 16.6. The molecule has 0 unspecified atom stereocenters. The van der Waals surface area contributed by atoms with Gasteiger partial charge in [0.15, 0.2) is 0 Å². The minimum atomic E-state index is -0.518. The van der Waals surface area contributed by atoms with Gasteiger partial charge in [-0.05, 0) is 19.1 Å². The Hall–Kier alpha value is -1.56. The molecule has 0 aliphatic rings. The third-order valence-corrected chi connectivity index (χ3v) is 4.38. The maximum Gasteiger partial charge on any atom is 0.144 e. The van der Waals surface area contributed by atoms with E-state index in [4.69, 9.17) is 34.8 Å². The fourth-order valence-corrected chi connectivity index (χ4v) is 3.13. The van der Waals surface area contributed by atoms with Crippen LogP contribution in [0.15, 0.2) is 24.5 Å². The number of fused-ring (bicyclic) bond motifs is 1. The van der Waals surface area contributed by atoms with Gasteiger partial charge >= 0.3 is 0 Å². The molecular weight excluding hydrogens is 362 g/mol. The average Bonchev–Trinajstić information content (AvgIpc) is 2.83. The summed E-state index contributed by atoms with van der Waals surface area (Å²) in [5, 5.41) is 4.55. The third kappa shape index (κ3) is 3.22. The van der Waals surface area contributed by atoms with E-state index in [9.17, 15) is 4.39 Å². The second-order valence-electron chi connectivity index (χ2n) is 5.01. The van der Waals surface area contributed by atoms with Crippen molar-refractivity contribution in [3.05, 3.63) is 51.2 Å². The van der Waals surface area contributed by atoms with Crippen LogP contribution in [0.4, 0.5) is 10.2 Å². The lowest BCUT2D eigenvalue weighted by Crippen LogP contribution is -2.12. The predicted octanol–water partition coefficient (Wildman–Crippen LogP) is 4.95. The lowest BCUT2D eigenvalue weighted by molar-refractivity contribution is 0.630. The topological polar surface area (TPSA) is 42.7 Å². The molecular formula is C15H12Cl3FN4. The fraction of sp³-hybridized carbons (Fsp3) is 0.200. The molecule has 0 atom stereocenters. The summed E-state index contributed by atoms with van der Waals surface area (Å²) in [7, 11) is 0. The van der Waals surface area contributed by atoms with Gasteiger partial charge in [0.25, 0.3) is 0 Å². The molecule has 0 saturated carbocycles. The van der Waals surface area contributed by atoms with Crippen LogP contribution in [0.3, 0.4) is 0 Å². The highest BCUT2D eigenvalue weighted by atomic mass is 35.5. The van der Waals surface area contributed by atoms with Gasteiger partial charge in [0.05, 0.1) is 15.6 Å². The van der Waals surface area contributed by atoms with E-state index in [1.165, 1.54) is 12.4 Å². The Morgan fingerprint density at radius 1 is 1.17 bits per heavy atom. The minimum Gasteiger partial charge on any atom is -0.368 e. The highest BCUT2D eigenvalue weighted by molar-refractivity contribution is 6.40. The third-order valence-electron chi connectivity index (χ3n) is 3.51. The molecule has 0 amide bonds. The van der Waals surface area contributed by atoms with Gasteiger partial charge in [-0.2, -0.15) is 0 Å². The molecule has 1 N–H and O–H groups in total. The van der Waals surface area contributed by atoms with Crippen molar-refractivity contribution in [3.8, 4) is 0 Å². The van der Waals surface area contributed by atoms with Gasteiger partial charge in [0.1, 0.15) is 23.1 Å².